The standard InChI is InChI=1S/C43H67N3O19.CH4O/c1-3-40(51)63-30-32-4-5-35(64-41-29-33(47)28-36(65-41)43(53)54)34(27-32)45-38(49)7-10-55-12-14-57-16-18-59-20-22-61-24-25-62-23-21-60-19-17-58-15-13-56-11-8-44-37(48)6-9-46-39(50)26-31(2)42(46)52;1-2/h4-5,27,31,33,36,41,47H,3,6-26,28-30H2,1-2H3,(H,44,48)(H,45,49)(H,53,54);2H,1H3. The number of esters is 1. The maximum Gasteiger partial charge on any atom is 0.333 e. The molecule has 2 fully saturated rings. The average Bonchev–Trinajstić information content (AvgIpc) is 3.56. The van der Waals surface area contributed by atoms with Crippen LogP contribution in [0.2, 0.25) is 0 Å². The van der Waals surface area contributed by atoms with Gasteiger partial charge in [-0.15, -0.1) is 0 Å². The highest BCUT2D eigenvalue weighted by atomic mass is 16.7. The molecule has 2 heterocycles. The zero-order valence-electron chi connectivity index (χ0n) is 38.9. The molecule has 4 unspecified atom stereocenters. The fourth-order valence-corrected chi connectivity index (χ4v) is 6.04. The number of benzene rings is 1. The van der Waals surface area contributed by atoms with E-state index in [0.717, 1.165) is 12.0 Å². The summed E-state index contributed by atoms with van der Waals surface area (Å²) in [5.41, 5.74) is 0.833. The molecule has 0 aromatic heterocycles. The predicted octanol–water partition coefficient (Wildman–Crippen LogP) is 0.440. The molecule has 1 aromatic rings. The number of anilines is 1. The number of likely N-dealkylation sites (tertiary alicyclic amines) is 1. The molecule has 23 heteroatoms. The Morgan fingerprint density at radius 3 is 1.75 bits per heavy atom. The monoisotopic (exact) mass is 961 g/mol. The number of hydrogen-bond acceptors (Lipinski definition) is 19. The number of amides is 4. The Kier molecular flexibility index (Phi) is 32.1. The van der Waals surface area contributed by atoms with E-state index in [0.29, 0.717) is 105 Å². The van der Waals surface area contributed by atoms with Crippen LogP contribution in [0.4, 0.5) is 5.69 Å². The summed E-state index contributed by atoms with van der Waals surface area (Å²) >= 11 is 0. The maximum absolute atomic E-state index is 12.8. The van der Waals surface area contributed by atoms with Crippen LogP contribution in [0.15, 0.2) is 18.2 Å². The lowest BCUT2D eigenvalue weighted by Gasteiger charge is -2.31. The first-order valence-corrected chi connectivity index (χ1v) is 22.5. The fourth-order valence-electron chi connectivity index (χ4n) is 6.04. The SMILES string of the molecule is CCC(=O)OCc1ccc(OC2CC(O)CC(C(=O)O)O2)c(NC(=O)CCOCCOCCOCCOCCOCCOCCOCCOCCNC(=O)CCN2C(=O)CC(C)C2=O)c1.CO. The largest absolute Gasteiger partial charge is 0.479 e. The van der Waals surface area contributed by atoms with Crippen LogP contribution in [0.3, 0.4) is 0 Å². The van der Waals surface area contributed by atoms with Gasteiger partial charge in [0.2, 0.25) is 29.9 Å². The molecule has 382 valence electrons. The molecule has 2 aliphatic heterocycles. The summed E-state index contributed by atoms with van der Waals surface area (Å²) in [6.07, 6.45) is -2.81. The van der Waals surface area contributed by atoms with Gasteiger partial charge >= 0.3 is 11.9 Å². The first-order chi connectivity index (χ1) is 32.5. The van der Waals surface area contributed by atoms with Gasteiger partial charge in [-0.2, -0.15) is 0 Å². The molecular weight excluding hydrogens is 890 g/mol. The predicted molar refractivity (Wildman–Crippen MR) is 235 cm³/mol. The second-order valence-electron chi connectivity index (χ2n) is 14.8. The molecule has 0 saturated carbocycles. The number of carboxylic acids is 1. The third-order valence-corrected chi connectivity index (χ3v) is 9.49. The number of imide groups is 1. The number of rotatable bonds is 37. The lowest BCUT2D eigenvalue weighted by atomic mass is 10.1. The highest BCUT2D eigenvalue weighted by molar-refractivity contribution is 6.03. The number of hydrogen-bond donors (Lipinski definition) is 5. The van der Waals surface area contributed by atoms with Crippen molar-refractivity contribution < 1.29 is 96.2 Å². The van der Waals surface area contributed by atoms with E-state index in [-0.39, 0.29) is 112 Å². The molecule has 1 aromatic carbocycles. The van der Waals surface area contributed by atoms with Crippen LogP contribution >= 0.6 is 0 Å². The van der Waals surface area contributed by atoms with Gasteiger partial charge in [-0.1, -0.05) is 19.9 Å². The van der Waals surface area contributed by atoms with Crippen LogP contribution in [-0.2, 0) is 82.7 Å². The molecule has 3 rings (SSSR count). The van der Waals surface area contributed by atoms with E-state index >= 15 is 0 Å². The first-order valence-electron chi connectivity index (χ1n) is 22.5. The fraction of sp³-hybridized carbons (Fsp3) is 0.727. The van der Waals surface area contributed by atoms with Gasteiger partial charge in [-0.25, -0.2) is 4.79 Å². The Morgan fingerprint density at radius 1 is 0.731 bits per heavy atom. The Morgan fingerprint density at radius 2 is 1.25 bits per heavy atom. The quantitative estimate of drug-likeness (QED) is 0.0343. The lowest BCUT2D eigenvalue weighted by Crippen LogP contribution is -2.42. The number of aliphatic hydroxyl groups excluding tert-OH is 2. The molecule has 2 saturated heterocycles. The Labute approximate surface area is 391 Å². The topological polar surface area (TPSA) is 292 Å². The third kappa shape index (κ3) is 26.7. The maximum atomic E-state index is 12.8. The number of nitrogens with one attached hydrogen (secondary N) is 2. The van der Waals surface area contributed by atoms with Gasteiger partial charge in [0.15, 0.2) is 6.10 Å². The van der Waals surface area contributed by atoms with Crippen LogP contribution in [0.1, 0.15) is 57.9 Å². The van der Waals surface area contributed by atoms with Crippen molar-refractivity contribution in [1.29, 1.82) is 0 Å². The highest BCUT2D eigenvalue weighted by Gasteiger charge is 2.36. The highest BCUT2D eigenvalue weighted by Crippen LogP contribution is 2.31. The molecule has 5 N–H and O–H groups in total. The first kappa shape index (κ1) is 58.7. The summed E-state index contributed by atoms with van der Waals surface area (Å²) in [6.45, 7) is 9.48. The molecule has 0 radical (unpaired) electrons. The van der Waals surface area contributed by atoms with Crippen molar-refractivity contribution in [3.05, 3.63) is 23.8 Å². The van der Waals surface area contributed by atoms with Crippen molar-refractivity contribution in [3.8, 4) is 5.75 Å². The van der Waals surface area contributed by atoms with E-state index in [9.17, 15) is 39.0 Å². The van der Waals surface area contributed by atoms with Crippen molar-refractivity contribution in [2.75, 3.05) is 131 Å². The number of carbonyl (C=O) groups is 6. The van der Waals surface area contributed by atoms with Gasteiger partial charge in [0.05, 0.1) is 124 Å². The summed E-state index contributed by atoms with van der Waals surface area (Å²) in [5.74, 6) is -2.84. The minimum atomic E-state index is -1.24. The van der Waals surface area contributed by atoms with Crippen molar-refractivity contribution >= 4 is 41.3 Å². The Hall–Kier alpha value is -4.40. The number of aliphatic carboxylic acids is 1. The normalized spacial score (nSPS) is 18.0. The zero-order valence-corrected chi connectivity index (χ0v) is 38.9. The second-order valence-corrected chi connectivity index (χ2v) is 14.8. The summed E-state index contributed by atoms with van der Waals surface area (Å²) < 4.78 is 60.3. The van der Waals surface area contributed by atoms with E-state index in [2.05, 4.69) is 10.6 Å². The molecular formula is C44H71N3O20. The number of aliphatic hydroxyl groups is 2. The van der Waals surface area contributed by atoms with Gasteiger partial charge in [0.1, 0.15) is 12.4 Å². The smallest absolute Gasteiger partial charge is 0.333 e. The summed E-state index contributed by atoms with van der Waals surface area (Å²) in [5, 5.41) is 31.9. The lowest BCUT2D eigenvalue weighted by molar-refractivity contribution is -0.195. The number of carboxylic acid groups (broad SMARTS) is 1. The average molecular weight is 962 g/mol. The van der Waals surface area contributed by atoms with Gasteiger partial charge < -0.3 is 78.1 Å². The van der Waals surface area contributed by atoms with Crippen molar-refractivity contribution in [2.45, 2.75) is 77.5 Å². The van der Waals surface area contributed by atoms with Crippen molar-refractivity contribution in [1.82, 2.24) is 10.2 Å². The molecule has 67 heavy (non-hydrogen) atoms. The zero-order chi connectivity index (χ0) is 49.1. The van der Waals surface area contributed by atoms with Crippen LogP contribution < -0.4 is 15.4 Å². The van der Waals surface area contributed by atoms with E-state index in [1.54, 1.807) is 32.0 Å². The number of carbonyl (C=O) groups excluding carboxylic acids is 5. The van der Waals surface area contributed by atoms with Gasteiger partial charge in [0, 0.05) is 58.2 Å². The van der Waals surface area contributed by atoms with E-state index in [1.807, 2.05) is 0 Å². The molecule has 4 atom stereocenters. The second kappa shape index (κ2) is 36.6. The number of nitrogens with zero attached hydrogens (tertiary/aromatic N) is 1. The van der Waals surface area contributed by atoms with Gasteiger partial charge in [-0.3, -0.25) is 28.9 Å². The van der Waals surface area contributed by atoms with Crippen LogP contribution in [-0.4, -0.2) is 200 Å². The van der Waals surface area contributed by atoms with Crippen molar-refractivity contribution in [3.63, 3.8) is 0 Å². The molecule has 0 bridgehead atoms. The van der Waals surface area contributed by atoms with E-state index < -0.39 is 24.5 Å². The molecule has 4 amide bonds. The molecule has 2 aliphatic rings. The minimum absolute atomic E-state index is 0.0105. The molecule has 0 aliphatic carbocycles. The van der Waals surface area contributed by atoms with E-state index in [4.69, 9.17) is 57.2 Å². The minimum Gasteiger partial charge on any atom is -0.479 e. The molecule has 0 spiro atoms. The Balaban J connectivity index is 0.00000760. The molecule has 23 nitrogen and oxygen atoms in total. The summed E-state index contributed by atoms with van der Waals surface area (Å²) in [4.78, 5) is 72.6. The van der Waals surface area contributed by atoms with Crippen molar-refractivity contribution in [2.24, 2.45) is 5.92 Å². The van der Waals surface area contributed by atoms with Gasteiger partial charge in [0.25, 0.3) is 0 Å². The van der Waals surface area contributed by atoms with Crippen LogP contribution in [0.25, 0.3) is 0 Å². The summed E-state index contributed by atoms with van der Waals surface area (Å²) in [7, 11) is 1.00. The van der Waals surface area contributed by atoms with Crippen LogP contribution in [0.5, 0.6) is 5.75 Å². The summed E-state index contributed by atoms with van der Waals surface area (Å²) in [6, 6.07) is 4.76. The number of ether oxygens (including phenoxy) is 11. The third-order valence-electron chi connectivity index (χ3n) is 9.49. The van der Waals surface area contributed by atoms with E-state index in [1.165, 1.54) is 0 Å². The Bertz CT molecular complexity index is 1590. The van der Waals surface area contributed by atoms with Crippen LogP contribution in [0, 0.1) is 5.92 Å². The van der Waals surface area contributed by atoms with Gasteiger partial charge in [-0.05, 0) is 17.7 Å².